The van der Waals surface area contributed by atoms with Crippen molar-refractivity contribution in [3.8, 4) is 33.4 Å². The van der Waals surface area contributed by atoms with Crippen LogP contribution in [0.4, 0.5) is 17.1 Å². The van der Waals surface area contributed by atoms with Crippen molar-refractivity contribution in [3.05, 3.63) is 246 Å². The monoisotopic (exact) mass is 727 g/mol. The van der Waals surface area contributed by atoms with Crippen LogP contribution in [0.2, 0.25) is 0 Å². The van der Waals surface area contributed by atoms with Crippen LogP contribution in [-0.4, -0.2) is 0 Å². The Labute approximate surface area is 335 Å². The summed E-state index contributed by atoms with van der Waals surface area (Å²) in [6, 6.07) is 78.6. The van der Waals surface area contributed by atoms with Crippen LogP contribution in [0, 0.1) is 0 Å². The van der Waals surface area contributed by atoms with Gasteiger partial charge < -0.3 is 4.90 Å². The van der Waals surface area contributed by atoms with Crippen molar-refractivity contribution < 1.29 is 0 Å². The number of anilines is 3. The lowest BCUT2D eigenvalue weighted by molar-refractivity contribution is 0.563. The van der Waals surface area contributed by atoms with Crippen molar-refractivity contribution in [2.45, 2.75) is 24.7 Å². The summed E-state index contributed by atoms with van der Waals surface area (Å²) >= 11 is 0. The van der Waals surface area contributed by atoms with E-state index in [0.717, 1.165) is 17.1 Å². The molecular formula is C56H41N. The number of nitrogens with zero attached hydrogens (tertiary/aromatic N) is 1. The van der Waals surface area contributed by atoms with Gasteiger partial charge in [-0.2, -0.15) is 0 Å². The molecule has 0 amide bonds. The fourth-order valence-corrected chi connectivity index (χ4v) is 10.0. The molecule has 0 aromatic heterocycles. The molecule has 9 aromatic carbocycles. The predicted octanol–water partition coefficient (Wildman–Crippen LogP) is 14.6. The normalized spacial score (nSPS) is 14.1. The Hall–Kier alpha value is -6.96. The molecule has 270 valence electrons. The van der Waals surface area contributed by atoms with Gasteiger partial charge in [0, 0.05) is 22.5 Å². The van der Waals surface area contributed by atoms with E-state index in [1.807, 2.05) is 0 Å². The molecule has 0 saturated carbocycles. The van der Waals surface area contributed by atoms with Gasteiger partial charge in [-0.25, -0.2) is 0 Å². The Kier molecular flexibility index (Phi) is 7.50. The van der Waals surface area contributed by atoms with Gasteiger partial charge >= 0.3 is 0 Å². The second-order valence-electron chi connectivity index (χ2n) is 16.1. The van der Waals surface area contributed by atoms with Crippen LogP contribution in [-0.2, 0) is 10.8 Å². The average molecular weight is 728 g/mol. The van der Waals surface area contributed by atoms with Crippen molar-refractivity contribution >= 4 is 27.8 Å². The van der Waals surface area contributed by atoms with Gasteiger partial charge in [-0.3, -0.25) is 0 Å². The number of hydrogen-bond acceptors (Lipinski definition) is 1. The molecular weight excluding hydrogens is 687 g/mol. The maximum absolute atomic E-state index is 2.49. The standard InChI is InChI=1S/C56H41N/c1-55(2)50-20-10-12-22-52(50)56(53-23-13-11-21-51(53)55)49-19-9-8-18-47(49)48-35-29-43(37-54(48)56)41-26-32-45(33-27-41)57(46-34-28-39-16-6-7-17-42(39)36-46)44-30-24-40(25-31-44)38-14-4-3-5-15-38/h3-37H,1-2H3. The lowest BCUT2D eigenvalue weighted by atomic mass is 9.55. The van der Waals surface area contributed by atoms with Crippen LogP contribution in [0.3, 0.4) is 0 Å². The molecule has 0 heterocycles. The second kappa shape index (κ2) is 12.8. The first-order chi connectivity index (χ1) is 28.0. The van der Waals surface area contributed by atoms with E-state index in [1.165, 1.54) is 77.5 Å². The average Bonchev–Trinajstić information content (AvgIpc) is 3.57. The van der Waals surface area contributed by atoms with E-state index in [4.69, 9.17) is 0 Å². The van der Waals surface area contributed by atoms with E-state index >= 15 is 0 Å². The number of rotatable bonds is 5. The first kappa shape index (κ1) is 33.4. The van der Waals surface area contributed by atoms with Gasteiger partial charge in [-0.1, -0.05) is 184 Å². The smallest absolute Gasteiger partial charge is 0.0719 e. The quantitative estimate of drug-likeness (QED) is 0.171. The fraction of sp³-hybridized carbons (Fsp3) is 0.0714. The van der Waals surface area contributed by atoms with Crippen LogP contribution in [0.5, 0.6) is 0 Å². The van der Waals surface area contributed by atoms with Crippen molar-refractivity contribution in [1.82, 2.24) is 0 Å². The summed E-state index contributed by atoms with van der Waals surface area (Å²) in [5.41, 5.74) is 18.6. The Bertz CT molecular complexity index is 2920. The van der Waals surface area contributed by atoms with Gasteiger partial charge in [0.2, 0.25) is 0 Å². The molecule has 11 rings (SSSR count). The molecule has 0 aliphatic heterocycles. The molecule has 0 unspecified atom stereocenters. The van der Waals surface area contributed by atoms with Crippen LogP contribution < -0.4 is 4.90 Å². The molecule has 0 fully saturated rings. The van der Waals surface area contributed by atoms with Crippen molar-refractivity contribution in [2.24, 2.45) is 0 Å². The Morgan fingerprint density at radius 2 is 0.754 bits per heavy atom. The Balaban J connectivity index is 1.05. The lowest BCUT2D eigenvalue weighted by Gasteiger charge is -2.46. The molecule has 2 aliphatic carbocycles. The molecule has 1 nitrogen and oxygen atoms in total. The zero-order valence-electron chi connectivity index (χ0n) is 32.2. The Morgan fingerprint density at radius 1 is 0.298 bits per heavy atom. The van der Waals surface area contributed by atoms with E-state index in [2.05, 4.69) is 231 Å². The second-order valence-corrected chi connectivity index (χ2v) is 16.1. The molecule has 0 atom stereocenters. The molecule has 1 spiro atoms. The van der Waals surface area contributed by atoms with E-state index in [1.54, 1.807) is 0 Å². The highest BCUT2D eigenvalue weighted by molar-refractivity contribution is 5.92. The molecule has 0 N–H and O–H groups in total. The topological polar surface area (TPSA) is 3.24 Å². The first-order valence-corrected chi connectivity index (χ1v) is 20.0. The zero-order chi connectivity index (χ0) is 38.1. The highest BCUT2D eigenvalue weighted by Gasteiger charge is 2.53. The van der Waals surface area contributed by atoms with E-state index < -0.39 is 5.41 Å². The van der Waals surface area contributed by atoms with Gasteiger partial charge in [0.1, 0.15) is 0 Å². The van der Waals surface area contributed by atoms with Crippen molar-refractivity contribution in [1.29, 1.82) is 0 Å². The molecule has 9 aromatic rings. The maximum Gasteiger partial charge on any atom is 0.0719 e. The van der Waals surface area contributed by atoms with Crippen LogP contribution >= 0.6 is 0 Å². The minimum atomic E-state index is -0.413. The van der Waals surface area contributed by atoms with Gasteiger partial charge in [0.15, 0.2) is 0 Å². The van der Waals surface area contributed by atoms with Crippen LogP contribution in [0.15, 0.2) is 212 Å². The third-order valence-corrected chi connectivity index (χ3v) is 12.7. The van der Waals surface area contributed by atoms with Gasteiger partial charge in [0.05, 0.1) is 5.41 Å². The summed E-state index contributed by atoms with van der Waals surface area (Å²) in [6.45, 7) is 4.77. The van der Waals surface area contributed by atoms with E-state index in [9.17, 15) is 0 Å². The summed E-state index contributed by atoms with van der Waals surface area (Å²) in [6.07, 6.45) is 0. The summed E-state index contributed by atoms with van der Waals surface area (Å²) in [4.78, 5) is 2.37. The SMILES string of the molecule is CC1(C)c2ccccc2C2(c3ccccc3-c3ccc(-c4ccc(N(c5ccc(-c6ccccc6)cc5)c5ccc6ccccc6c5)cc4)cc32)c2ccccc21. The molecule has 57 heavy (non-hydrogen) atoms. The minimum Gasteiger partial charge on any atom is -0.310 e. The van der Waals surface area contributed by atoms with E-state index in [-0.39, 0.29) is 5.41 Å². The molecule has 1 heteroatoms. The Morgan fingerprint density at radius 3 is 1.40 bits per heavy atom. The van der Waals surface area contributed by atoms with Crippen LogP contribution in [0.1, 0.15) is 47.2 Å². The maximum atomic E-state index is 2.49. The number of benzene rings is 9. The summed E-state index contributed by atoms with van der Waals surface area (Å²) < 4.78 is 0. The first-order valence-electron chi connectivity index (χ1n) is 20.0. The third kappa shape index (κ3) is 5.02. The predicted molar refractivity (Wildman–Crippen MR) is 239 cm³/mol. The van der Waals surface area contributed by atoms with Gasteiger partial charge in [0.25, 0.3) is 0 Å². The lowest BCUT2D eigenvalue weighted by Crippen LogP contribution is -2.40. The number of fused-ring (bicyclic) bond motifs is 10. The van der Waals surface area contributed by atoms with Crippen molar-refractivity contribution in [2.75, 3.05) is 4.90 Å². The minimum absolute atomic E-state index is 0.123. The molecule has 0 bridgehead atoms. The third-order valence-electron chi connectivity index (χ3n) is 12.7. The molecule has 2 aliphatic rings. The van der Waals surface area contributed by atoms with Crippen LogP contribution in [0.25, 0.3) is 44.2 Å². The van der Waals surface area contributed by atoms with Gasteiger partial charge in [-0.15, -0.1) is 0 Å². The van der Waals surface area contributed by atoms with Gasteiger partial charge in [-0.05, 0) is 120 Å². The highest BCUT2D eigenvalue weighted by Crippen LogP contribution is 2.62. The van der Waals surface area contributed by atoms with E-state index in [0.29, 0.717) is 0 Å². The number of hydrogen-bond donors (Lipinski definition) is 0. The fourth-order valence-electron chi connectivity index (χ4n) is 10.0. The molecule has 0 saturated heterocycles. The summed E-state index contributed by atoms with van der Waals surface area (Å²) in [5, 5.41) is 2.46. The summed E-state index contributed by atoms with van der Waals surface area (Å²) in [5.74, 6) is 0. The van der Waals surface area contributed by atoms with Crippen molar-refractivity contribution in [3.63, 3.8) is 0 Å². The summed E-state index contributed by atoms with van der Waals surface area (Å²) in [7, 11) is 0. The highest BCUT2D eigenvalue weighted by atomic mass is 15.1. The zero-order valence-corrected chi connectivity index (χ0v) is 32.2. The largest absolute Gasteiger partial charge is 0.310 e. The molecule has 0 radical (unpaired) electrons.